The first-order valence-electron chi connectivity index (χ1n) is 12.8. The van der Waals surface area contributed by atoms with E-state index in [4.69, 9.17) is 19.9 Å². The van der Waals surface area contributed by atoms with Crippen molar-refractivity contribution < 1.29 is 24.6 Å². The number of carboxylic acid groups (broad SMARTS) is 1. The van der Waals surface area contributed by atoms with Gasteiger partial charge in [0.2, 0.25) is 5.95 Å². The van der Waals surface area contributed by atoms with Crippen molar-refractivity contribution >= 4 is 56.1 Å². The van der Waals surface area contributed by atoms with Crippen LogP contribution in [0.1, 0.15) is 21.7 Å². The van der Waals surface area contributed by atoms with Crippen LogP contribution in [0, 0.1) is 0 Å². The predicted octanol–water partition coefficient (Wildman–Crippen LogP) is 2.46. The highest BCUT2D eigenvalue weighted by Crippen LogP contribution is 2.36. The minimum Gasteiger partial charge on any atom is -0.481 e. The predicted molar refractivity (Wildman–Crippen MR) is 150 cm³/mol. The standard InChI is InChI=1S/C26H25N9O5S/c36-21(37)4-5-35(26-27-11-15(12-28-26)25(38)33-39)14-16-10-20-22(41-16)24(34-6-8-40-9-7-34)31-23(30-20)17-2-1-3-19-18(17)13-29-32-19/h1-3,10-13,39H,4-9,14H2,(H,29,32)(H,33,38)(H,36,37). The summed E-state index contributed by atoms with van der Waals surface area (Å²) in [5, 5.41) is 26.3. The molecule has 6 rings (SSSR count). The van der Waals surface area contributed by atoms with E-state index >= 15 is 0 Å². The van der Waals surface area contributed by atoms with E-state index in [0.29, 0.717) is 38.7 Å². The highest BCUT2D eigenvalue weighted by molar-refractivity contribution is 7.19. The molecule has 0 spiro atoms. The van der Waals surface area contributed by atoms with Crippen LogP contribution in [0.2, 0.25) is 0 Å². The minimum atomic E-state index is -0.957. The van der Waals surface area contributed by atoms with Gasteiger partial charge in [-0.25, -0.2) is 25.4 Å². The third-order valence-electron chi connectivity index (χ3n) is 6.67. The summed E-state index contributed by atoms with van der Waals surface area (Å²) in [5.41, 5.74) is 4.14. The number of aromatic amines is 1. The van der Waals surface area contributed by atoms with E-state index in [-0.39, 0.29) is 24.5 Å². The monoisotopic (exact) mass is 575 g/mol. The maximum absolute atomic E-state index is 11.7. The number of thiophene rings is 1. The second-order valence-electron chi connectivity index (χ2n) is 9.31. The molecular formula is C26H25N9O5S. The molecule has 5 aromatic rings. The van der Waals surface area contributed by atoms with Gasteiger partial charge >= 0.3 is 5.97 Å². The molecule has 1 aliphatic rings. The number of carbonyl (C=O) groups is 2. The van der Waals surface area contributed by atoms with Gasteiger partial charge in [0, 0.05) is 47.9 Å². The number of ether oxygens (including phenoxy) is 1. The van der Waals surface area contributed by atoms with Gasteiger partial charge in [-0.1, -0.05) is 12.1 Å². The average molecular weight is 576 g/mol. The van der Waals surface area contributed by atoms with Gasteiger partial charge in [0.15, 0.2) is 11.6 Å². The molecule has 0 atom stereocenters. The van der Waals surface area contributed by atoms with Crippen LogP contribution in [-0.4, -0.2) is 85.2 Å². The topological polar surface area (TPSA) is 183 Å². The Labute approximate surface area is 236 Å². The second kappa shape index (κ2) is 11.4. The first-order valence-corrected chi connectivity index (χ1v) is 13.6. The Morgan fingerprint density at radius 3 is 2.71 bits per heavy atom. The van der Waals surface area contributed by atoms with Gasteiger partial charge in [0.05, 0.1) is 53.7 Å². The summed E-state index contributed by atoms with van der Waals surface area (Å²) in [6.07, 6.45) is 4.18. The van der Waals surface area contributed by atoms with Gasteiger partial charge in [-0.3, -0.25) is 19.9 Å². The third kappa shape index (κ3) is 5.50. The number of morpholine rings is 1. The molecule has 14 nitrogen and oxygen atoms in total. The van der Waals surface area contributed by atoms with E-state index in [0.717, 1.165) is 37.4 Å². The Hall–Kier alpha value is -4.73. The SMILES string of the molecule is O=C(O)CCN(Cc1cc2nc(-c3cccc4[nH]ncc34)nc(N3CCOCC3)c2s1)c1ncc(C(=O)NO)cn1. The van der Waals surface area contributed by atoms with Gasteiger partial charge in [-0.15, -0.1) is 11.3 Å². The van der Waals surface area contributed by atoms with E-state index < -0.39 is 11.9 Å². The molecular weight excluding hydrogens is 550 g/mol. The van der Waals surface area contributed by atoms with Gasteiger partial charge < -0.3 is 19.6 Å². The highest BCUT2D eigenvalue weighted by Gasteiger charge is 2.22. The first-order chi connectivity index (χ1) is 20.0. The lowest BCUT2D eigenvalue weighted by molar-refractivity contribution is -0.136. The highest BCUT2D eigenvalue weighted by atomic mass is 32.1. The van der Waals surface area contributed by atoms with Gasteiger partial charge in [0.25, 0.3) is 5.91 Å². The number of hydrogen-bond donors (Lipinski definition) is 4. The zero-order chi connectivity index (χ0) is 28.3. The molecule has 4 N–H and O–H groups in total. The fourth-order valence-corrected chi connectivity index (χ4v) is 5.78. The Balaban J connectivity index is 1.39. The van der Waals surface area contributed by atoms with Crippen LogP contribution in [0.15, 0.2) is 42.9 Å². The van der Waals surface area contributed by atoms with Crippen LogP contribution in [0.3, 0.4) is 0 Å². The molecule has 0 radical (unpaired) electrons. The van der Waals surface area contributed by atoms with Crippen molar-refractivity contribution in [1.82, 2.24) is 35.6 Å². The molecule has 41 heavy (non-hydrogen) atoms. The largest absolute Gasteiger partial charge is 0.481 e. The van der Waals surface area contributed by atoms with Crippen molar-refractivity contribution in [3.05, 3.63) is 53.3 Å². The van der Waals surface area contributed by atoms with Gasteiger partial charge in [-0.2, -0.15) is 5.10 Å². The smallest absolute Gasteiger partial charge is 0.305 e. The number of anilines is 2. The van der Waals surface area contributed by atoms with Crippen molar-refractivity contribution in [2.24, 2.45) is 0 Å². The van der Waals surface area contributed by atoms with Crippen molar-refractivity contribution in [3.8, 4) is 11.4 Å². The molecule has 1 saturated heterocycles. The van der Waals surface area contributed by atoms with Gasteiger partial charge in [-0.05, 0) is 12.1 Å². The molecule has 15 heteroatoms. The van der Waals surface area contributed by atoms with Crippen molar-refractivity contribution in [2.75, 3.05) is 42.6 Å². The second-order valence-corrected chi connectivity index (χ2v) is 10.4. The van der Waals surface area contributed by atoms with Crippen molar-refractivity contribution in [2.45, 2.75) is 13.0 Å². The molecule has 1 amide bonds. The van der Waals surface area contributed by atoms with E-state index in [1.165, 1.54) is 23.7 Å². The quantitative estimate of drug-likeness (QED) is 0.149. The summed E-state index contributed by atoms with van der Waals surface area (Å²) in [5.74, 6) is -0.0441. The number of amides is 1. The number of rotatable bonds is 9. The molecule has 4 aromatic heterocycles. The number of carboxylic acids is 1. The number of H-pyrrole nitrogens is 1. The van der Waals surface area contributed by atoms with Crippen LogP contribution in [0.4, 0.5) is 11.8 Å². The van der Waals surface area contributed by atoms with Crippen LogP contribution in [-0.2, 0) is 16.1 Å². The van der Waals surface area contributed by atoms with E-state index in [9.17, 15) is 14.7 Å². The van der Waals surface area contributed by atoms with Gasteiger partial charge in [0.1, 0.15) is 0 Å². The van der Waals surface area contributed by atoms with Crippen LogP contribution in [0.25, 0.3) is 32.5 Å². The molecule has 210 valence electrons. The fourth-order valence-electron chi connectivity index (χ4n) is 4.65. The maximum atomic E-state index is 11.7. The number of aliphatic carboxylic acids is 1. The number of nitrogens with zero attached hydrogens (tertiary/aromatic N) is 7. The Bertz CT molecular complexity index is 1720. The Kier molecular flexibility index (Phi) is 7.37. The molecule has 0 saturated carbocycles. The minimum absolute atomic E-state index is 0.0712. The number of hydroxylamine groups is 1. The molecule has 1 aliphatic heterocycles. The molecule has 0 unspecified atom stereocenters. The fraction of sp³-hybridized carbons (Fsp3) is 0.269. The lowest BCUT2D eigenvalue weighted by Gasteiger charge is -2.28. The molecule has 1 fully saturated rings. The summed E-state index contributed by atoms with van der Waals surface area (Å²) in [6, 6.07) is 7.84. The summed E-state index contributed by atoms with van der Waals surface area (Å²) in [4.78, 5) is 46.4. The Morgan fingerprint density at radius 2 is 1.95 bits per heavy atom. The number of aromatic nitrogens is 6. The number of nitrogens with one attached hydrogen (secondary N) is 2. The lowest BCUT2D eigenvalue weighted by Crippen LogP contribution is -2.36. The van der Waals surface area contributed by atoms with Crippen molar-refractivity contribution in [1.29, 1.82) is 0 Å². The molecule has 5 heterocycles. The number of benzene rings is 1. The normalized spacial score (nSPS) is 13.5. The third-order valence-corrected chi connectivity index (χ3v) is 7.77. The number of hydrogen-bond acceptors (Lipinski definition) is 12. The average Bonchev–Trinajstić information content (AvgIpc) is 3.65. The number of fused-ring (bicyclic) bond motifs is 2. The van der Waals surface area contributed by atoms with E-state index in [2.05, 4.69) is 25.1 Å². The summed E-state index contributed by atoms with van der Waals surface area (Å²) in [7, 11) is 0. The van der Waals surface area contributed by atoms with Crippen molar-refractivity contribution in [3.63, 3.8) is 0 Å². The summed E-state index contributed by atoms with van der Waals surface area (Å²) >= 11 is 1.53. The zero-order valence-corrected chi connectivity index (χ0v) is 22.5. The molecule has 0 aliphatic carbocycles. The molecule has 0 bridgehead atoms. The van der Waals surface area contributed by atoms with E-state index in [1.54, 1.807) is 16.6 Å². The van der Waals surface area contributed by atoms with Crippen LogP contribution in [0.5, 0.6) is 0 Å². The molecule has 1 aromatic carbocycles. The summed E-state index contributed by atoms with van der Waals surface area (Å²) < 4.78 is 6.49. The van der Waals surface area contributed by atoms with Crippen LogP contribution >= 0.6 is 11.3 Å². The lowest BCUT2D eigenvalue weighted by atomic mass is 10.1. The maximum Gasteiger partial charge on any atom is 0.305 e. The Morgan fingerprint density at radius 1 is 1.15 bits per heavy atom. The van der Waals surface area contributed by atoms with Crippen LogP contribution < -0.4 is 15.3 Å². The first kappa shape index (κ1) is 26.5. The zero-order valence-electron chi connectivity index (χ0n) is 21.6. The number of carbonyl (C=O) groups excluding carboxylic acids is 1. The van der Waals surface area contributed by atoms with E-state index in [1.807, 2.05) is 24.3 Å². The summed E-state index contributed by atoms with van der Waals surface area (Å²) in [6.45, 7) is 3.05.